The summed E-state index contributed by atoms with van der Waals surface area (Å²) in [6.45, 7) is 11.1. The van der Waals surface area contributed by atoms with Gasteiger partial charge < -0.3 is 9.87 Å². The minimum Gasteiger partial charge on any atom is -0.598 e. The molecule has 0 aliphatic carbocycles. The zero-order chi connectivity index (χ0) is 15.3. The van der Waals surface area contributed by atoms with Crippen molar-refractivity contribution >= 4 is 11.4 Å². The van der Waals surface area contributed by atoms with E-state index in [0.29, 0.717) is 0 Å². The molecule has 0 radical (unpaired) electrons. The van der Waals surface area contributed by atoms with E-state index >= 15 is 0 Å². The van der Waals surface area contributed by atoms with Crippen molar-refractivity contribution in [2.45, 2.75) is 57.9 Å². The molecule has 118 valence electrons. The van der Waals surface area contributed by atoms with Gasteiger partial charge >= 0.3 is 0 Å². The molecule has 2 atom stereocenters. The molecule has 3 rings (SSSR count). The van der Waals surface area contributed by atoms with Crippen molar-refractivity contribution in [1.29, 1.82) is 0 Å². The minimum atomic E-state index is -1.06. The van der Waals surface area contributed by atoms with E-state index in [-0.39, 0.29) is 16.2 Å². The van der Waals surface area contributed by atoms with Crippen molar-refractivity contribution in [3.63, 3.8) is 0 Å². The summed E-state index contributed by atoms with van der Waals surface area (Å²) in [5, 5.41) is 8.05. The fourth-order valence-electron chi connectivity index (χ4n) is 3.47. The molecule has 0 amide bonds. The van der Waals surface area contributed by atoms with Gasteiger partial charge in [-0.1, -0.05) is 0 Å². The first kappa shape index (κ1) is 15.3. The van der Waals surface area contributed by atoms with E-state index in [2.05, 4.69) is 25.9 Å². The maximum absolute atomic E-state index is 12.6. The molecule has 2 aliphatic heterocycles. The molecule has 0 saturated carbocycles. The van der Waals surface area contributed by atoms with Crippen molar-refractivity contribution in [2.75, 3.05) is 13.1 Å². The number of aromatic nitrogens is 2. The zero-order valence-corrected chi connectivity index (χ0v) is 14.2. The van der Waals surface area contributed by atoms with Gasteiger partial charge in [0.25, 0.3) is 0 Å². The van der Waals surface area contributed by atoms with Crippen molar-refractivity contribution in [2.24, 2.45) is 5.41 Å². The van der Waals surface area contributed by atoms with E-state index in [1.165, 1.54) is 5.69 Å². The van der Waals surface area contributed by atoms with Crippen LogP contribution in [0.25, 0.3) is 0 Å². The normalized spacial score (nSPS) is 26.0. The largest absolute Gasteiger partial charge is 0.598 e. The summed E-state index contributed by atoms with van der Waals surface area (Å²) >= 11 is -1.06. The van der Waals surface area contributed by atoms with Gasteiger partial charge in [-0.05, 0) is 59.7 Å². The number of aryl methyl sites for hydroxylation is 1. The summed E-state index contributed by atoms with van der Waals surface area (Å²) in [6.07, 6.45) is 2.21. The highest BCUT2D eigenvalue weighted by Crippen LogP contribution is 2.48. The number of nitrogens with zero attached hydrogens (tertiary/aromatic N) is 2. The standard InChI is InChI=1S/C15H26N4OS/c1-11-9-12-13(18-21(20)14(2,3)4)15(10-19(12)17-11)5-7-16-8-6-15/h9,13,16,18H,5-8,10H2,1-4H3/t13-,21?/m1/s1. The van der Waals surface area contributed by atoms with Gasteiger partial charge in [0.15, 0.2) is 0 Å². The Morgan fingerprint density at radius 2 is 2.10 bits per heavy atom. The first-order valence-corrected chi connectivity index (χ1v) is 8.90. The molecular weight excluding hydrogens is 284 g/mol. The summed E-state index contributed by atoms with van der Waals surface area (Å²) in [5.74, 6) is 0. The third kappa shape index (κ3) is 2.74. The monoisotopic (exact) mass is 310 g/mol. The lowest BCUT2D eigenvalue weighted by Crippen LogP contribution is -2.49. The minimum absolute atomic E-state index is 0.140. The van der Waals surface area contributed by atoms with Gasteiger partial charge in [-0.15, -0.1) is 4.72 Å². The maximum atomic E-state index is 12.6. The number of rotatable bonds is 2. The summed E-state index contributed by atoms with van der Waals surface area (Å²) in [5.41, 5.74) is 2.40. The Balaban J connectivity index is 1.90. The van der Waals surface area contributed by atoms with Crippen LogP contribution in [-0.2, 0) is 17.9 Å². The zero-order valence-electron chi connectivity index (χ0n) is 13.4. The third-order valence-electron chi connectivity index (χ3n) is 4.69. The molecule has 1 aromatic heterocycles. The van der Waals surface area contributed by atoms with Crippen LogP contribution in [0.3, 0.4) is 0 Å². The van der Waals surface area contributed by atoms with Crippen molar-refractivity contribution in [1.82, 2.24) is 19.8 Å². The predicted octanol–water partition coefficient (Wildman–Crippen LogP) is 1.67. The Hall–Kier alpha value is -0.560. The van der Waals surface area contributed by atoms with Crippen LogP contribution in [0.4, 0.5) is 0 Å². The van der Waals surface area contributed by atoms with Crippen LogP contribution in [0.1, 0.15) is 51.0 Å². The Labute approximate surface area is 130 Å². The van der Waals surface area contributed by atoms with Crippen LogP contribution in [0.5, 0.6) is 0 Å². The molecule has 0 bridgehead atoms. The highest BCUT2D eigenvalue weighted by Gasteiger charge is 2.50. The van der Waals surface area contributed by atoms with Gasteiger partial charge in [0.05, 0.1) is 11.4 Å². The van der Waals surface area contributed by atoms with Crippen LogP contribution in [0.15, 0.2) is 6.07 Å². The van der Waals surface area contributed by atoms with E-state index < -0.39 is 11.4 Å². The maximum Gasteiger partial charge on any atom is 0.136 e. The van der Waals surface area contributed by atoms with Crippen molar-refractivity contribution in [3.05, 3.63) is 17.5 Å². The average molecular weight is 310 g/mol. The summed E-state index contributed by atoms with van der Waals surface area (Å²) < 4.78 is 17.9. The van der Waals surface area contributed by atoms with E-state index in [4.69, 9.17) is 0 Å². The smallest absolute Gasteiger partial charge is 0.136 e. The summed E-state index contributed by atoms with van der Waals surface area (Å²) in [4.78, 5) is 0. The quantitative estimate of drug-likeness (QED) is 0.816. The number of piperidine rings is 1. The van der Waals surface area contributed by atoms with E-state index in [0.717, 1.165) is 38.2 Å². The fourth-order valence-corrected chi connectivity index (χ4v) is 4.41. The highest BCUT2D eigenvalue weighted by atomic mass is 32.2. The molecule has 2 aliphatic rings. The van der Waals surface area contributed by atoms with Crippen molar-refractivity contribution in [3.8, 4) is 0 Å². The Morgan fingerprint density at radius 1 is 1.43 bits per heavy atom. The molecule has 2 N–H and O–H groups in total. The molecule has 1 aromatic rings. The predicted molar refractivity (Wildman–Crippen MR) is 85.3 cm³/mol. The second kappa shape index (κ2) is 5.26. The lowest BCUT2D eigenvalue weighted by atomic mass is 9.74. The molecule has 1 spiro atoms. The van der Waals surface area contributed by atoms with Gasteiger partial charge in [0, 0.05) is 23.3 Å². The van der Waals surface area contributed by atoms with Crippen LogP contribution in [-0.4, -0.2) is 32.2 Å². The second-order valence-corrected chi connectivity index (χ2v) is 9.41. The summed E-state index contributed by atoms with van der Waals surface area (Å²) in [7, 11) is 0. The second-order valence-electron chi connectivity index (χ2n) is 7.41. The van der Waals surface area contributed by atoms with Gasteiger partial charge in [-0.3, -0.25) is 4.68 Å². The first-order valence-electron chi connectivity index (χ1n) is 7.75. The molecule has 5 nitrogen and oxygen atoms in total. The molecule has 6 heteroatoms. The van der Waals surface area contributed by atoms with Crippen LogP contribution >= 0.6 is 0 Å². The number of nitrogens with one attached hydrogen (secondary N) is 2. The molecular formula is C15H26N4OS. The Bertz CT molecular complexity index is 516. The number of hydrogen-bond acceptors (Lipinski definition) is 4. The molecule has 0 aromatic carbocycles. The highest BCUT2D eigenvalue weighted by molar-refractivity contribution is 7.90. The molecule has 1 unspecified atom stereocenters. The third-order valence-corrected chi connectivity index (χ3v) is 6.25. The molecule has 1 fully saturated rings. The van der Waals surface area contributed by atoms with Gasteiger partial charge in [0.2, 0.25) is 0 Å². The van der Waals surface area contributed by atoms with Gasteiger partial charge in [-0.2, -0.15) is 5.10 Å². The number of hydrogen-bond donors (Lipinski definition) is 2. The first-order chi connectivity index (χ1) is 9.82. The van der Waals surface area contributed by atoms with Crippen LogP contribution in [0.2, 0.25) is 0 Å². The average Bonchev–Trinajstić information content (AvgIpc) is 2.86. The van der Waals surface area contributed by atoms with Gasteiger partial charge in [-0.25, -0.2) is 0 Å². The number of fused-ring (bicyclic) bond motifs is 1. The molecule has 3 heterocycles. The fraction of sp³-hybridized carbons (Fsp3) is 0.800. The van der Waals surface area contributed by atoms with E-state index in [1.807, 2.05) is 27.7 Å². The Morgan fingerprint density at radius 3 is 2.71 bits per heavy atom. The van der Waals surface area contributed by atoms with Crippen LogP contribution in [0, 0.1) is 12.3 Å². The lowest BCUT2D eigenvalue weighted by molar-refractivity contribution is 0.148. The van der Waals surface area contributed by atoms with Crippen molar-refractivity contribution < 1.29 is 4.55 Å². The Kier molecular flexibility index (Phi) is 3.84. The van der Waals surface area contributed by atoms with Gasteiger partial charge in [0.1, 0.15) is 10.8 Å². The molecule has 1 saturated heterocycles. The van der Waals surface area contributed by atoms with Crippen LogP contribution < -0.4 is 10.0 Å². The summed E-state index contributed by atoms with van der Waals surface area (Å²) in [6, 6.07) is 2.29. The van der Waals surface area contributed by atoms with E-state index in [9.17, 15) is 4.55 Å². The van der Waals surface area contributed by atoms with E-state index in [1.54, 1.807) is 0 Å². The SMILES string of the molecule is Cc1cc2n(n1)CC1(CCNCC1)[C@@H]2N[S+]([O-])C(C)(C)C. The topological polar surface area (TPSA) is 64.9 Å². The molecule has 21 heavy (non-hydrogen) atoms. The lowest BCUT2D eigenvalue weighted by Gasteiger charge is -2.39.